The Morgan fingerprint density at radius 2 is 0.901 bits per heavy atom. The molecule has 0 aromatic heterocycles. The molecule has 28 heteroatoms. The number of likely N-dealkylation sites (tertiary alicyclic amines) is 2. The number of hydrogen-bond donors (Lipinski definition) is 2. The van der Waals surface area contributed by atoms with Gasteiger partial charge >= 0.3 is 24.1 Å². The highest BCUT2D eigenvalue weighted by Gasteiger charge is 2.45. The van der Waals surface area contributed by atoms with Crippen LogP contribution in [0.4, 0.5) is 21.0 Å². The van der Waals surface area contributed by atoms with E-state index in [1.54, 1.807) is 9.80 Å². The molecular formula is C53H78Cl6N4O16Si2. The van der Waals surface area contributed by atoms with Crippen LogP contribution in [0.5, 0.6) is 23.0 Å². The van der Waals surface area contributed by atoms with Crippen LogP contribution in [-0.4, -0.2) is 161 Å². The van der Waals surface area contributed by atoms with E-state index in [1.807, 2.05) is 0 Å². The van der Waals surface area contributed by atoms with Gasteiger partial charge in [0.1, 0.15) is 25.4 Å². The Hall–Kier alpha value is -3.85. The van der Waals surface area contributed by atoms with Crippen molar-refractivity contribution < 1.29 is 75.5 Å². The SMILES string of the molecule is COc1cc(C(=O)N2C[C@H](OC(C)=O)C[C@H]2CO[Si](C)(C)C(C)(C)C)c(NC(=O)OCC(Cl)(Cl)Cl)cc1OCCCCCOc1cc(NC(=O)OCC(Cl)(Cl)Cl)c(C(=O)N2C[C@H](OC(C)=O)C[C@H]2CO[Si](C)(C)C(C)(C)C)cc1OC. The minimum absolute atomic E-state index is 0.00495. The average molecular weight is 1300 g/mol. The molecule has 2 heterocycles. The molecule has 20 nitrogen and oxygen atoms in total. The van der Waals surface area contributed by atoms with Crippen molar-refractivity contribution in [3.63, 3.8) is 0 Å². The maximum absolute atomic E-state index is 14.7. The molecule has 2 N–H and O–H groups in total. The third-order valence-corrected chi connectivity index (χ3v) is 24.1. The van der Waals surface area contributed by atoms with Gasteiger partial charge in [0, 0.05) is 38.8 Å². The summed E-state index contributed by atoms with van der Waals surface area (Å²) >= 11 is 35.1. The molecule has 2 aromatic carbocycles. The summed E-state index contributed by atoms with van der Waals surface area (Å²) in [4.78, 5) is 82.9. The van der Waals surface area contributed by atoms with Crippen LogP contribution in [0.25, 0.3) is 0 Å². The molecule has 4 amide bonds. The number of carbonyl (C=O) groups excluding carboxylic acids is 6. The van der Waals surface area contributed by atoms with E-state index >= 15 is 0 Å². The van der Waals surface area contributed by atoms with Crippen LogP contribution in [0, 0.1) is 0 Å². The Morgan fingerprint density at radius 1 is 0.556 bits per heavy atom. The second kappa shape index (κ2) is 29.3. The third-order valence-electron chi connectivity index (χ3n) is 14.4. The number of amides is 4. The molecule has 0 radical (unpaired) electrons. The summed E-state index contributed by atoms with van der Waals surface area (Å²) in [6.45, 7) is 23.2. The zero-order valence-electron chi connectivity index (χ0n) is 48.5. The van der Waals surface area contributed by atoms with Crippen molar-refractivity contribution in [1.29, 1.82) is 0 Å². The maximum Gasteiger partial charge on any atom is 0.411 e. The van der Waals surface area contributed by atoms with Crippen LogP contribution in [0.2, 0.25) is 36.3 Å². The first-order chi connectivity index (χ1) is 37.3. The summed E-state index contributed by atoms with van der Waals surface area (Å²) in [6.07, 6.45) is -1.09. The summed E-state index contributed by atoms with van der Waals surface area (Å²) in [5.74, 6) is -1.33. The second-order valence-electron chi connectivity index (χ2n) is 22.8. The van der Waals surface area contributed by atoms with Crippen LogP contribution in [-0.2, 0) is 37.4 Å². The molecule has 0 bridgehead atoms. The number of halogens is 6. The Kier molecular flexibility index (Phi) is 25.2. The first kappa shape index (κ1) is 69.6. The van der Waals surface area contributed by atoms with Gasteiger partial charge in [-0.1, -0.05) is 111 Å². The van der Waals surface area contributed by atoms with Crippen LogP contribution < -0.4 is 29.6 Å². The number of anilines is 2. The first-order valence-corrected chi connectivity index (χ1v) is 34.4. The maximum atomic E-state index is 14.7. The van der Waals surface area contributed by atoms with E-state index in [0.29, 0.717) is 32.1 Å². The molecule has 4 atom stereocenters. The number of unbranched alkanes of at least 4 members (excludes halogenated alkanes) is 2. The first-order valence-electron chi connectivity index (χ1n) is 26.3. The van der Waals surface area contributed by atoms with Crippen LogP contribution in [0.3, 0.4) is 0 Å². The van der Waals surface area contributed by atoms with Crippen molar-refractivity contribution in [3.05, 3.63) is 35.4 Å². The highest BCUT2D eigenvalue weighted by Crippen LogP contribution is 2.42. The fraction of sp³-hybridized carbons (Fsp3) is 0.660. The number of esters is 2. The Labute approximate surface area is 507 Å². The molecule has 2 fully saturated rings. The van der Waals surface area contributed by atoms with E-state index in [-0.39, 0.29) is 95.1 Å². The molecule has 0 saturated carbocycles. The number of benzene rings is 2. The number of nitrogens with zero attached hydrogens (tertiary/aromatic N) is 2. The summed E-state index contributed by atoms with van der Waals surface area (Å²) in [5, 5.41) is 4.93. The zero-order chi connectivity index (χ0) is 61.1. The lowest BCUT2D eigenvalue weighted by Gasteiger charge is -2.38. The van der Waals surface area contributed by atoms with Gasteiger partial charge in [0.2, 0.25) is 7.59 Å². The highest BCUT2D eigenvalue weighted by molar-refractivity contribution is 6.74. The minimum Gasteiger partial charge on any atom is -0.493 e. The van der Waals surface area contributed by atoms with Gasteiger partial charge in [-0.15, -0.1) is 0 Å². The van der Waals surface area contributed by atoms with Gasteiger partial charge in [-0.05, 0) is 67.7 Å². The fourth-order valence-electron chi connectivity index (χ4n) is 8.11. The highest BCUT2D eigenvalue weighted by atomic mass is 35.6. The van der Waals surface area contributed by atoms with Crippen molar-refractivity contribution >= 4 is 134 Å². The number of hydrogen-bond acceptors (Lipinski definition) is 16. The number of methoxy groups -OCH3 is 2. The van der Waals surface area contributed by atoms with Gasteiger partial charge in [0.05, 0.1) is 88.3 Å². The number of rotatable bonds is 24. The summed E-state index contributed by atoms with van der Waals surface area (Å²) < 4.78 is 54.5. The van der Waals surface area contributed by atoms with Crippen LogP contribution in [0.1, 0.15) is 108 Å². The number of alkyl halides is 6. The smallest absolute Gasteiger partial charge is 0.411 e. The van der Waals surface area contributed by atoms with E-state index < -0.39 is 97.7 Å². The normalized spacial score (nSPS) is 18.0. The van der Waals surface area contributed by atoms with Crippen LogP contribution >= 0.6 is 69.6 Å². The molecule has 2 saturated heterocycles. The van der Waals surface area contributed by atoms with Crippen molar-refractivity contribution in [1.82, 2.24) is 9.80 Å². The van der Waals surface area contributed by atoms with E-state index in [1.165, 1.54) is 52.3 Å². The molecule has 0 spiro atoms. The van der Waals surface area contributed by atoms with Gasteiger partial charge in [-0.25, -0.2) is 9.59 Å². The number of nitrogens with one attached hydrogen (secondary N) is 2. The van der Waals surface area contributed by atoms with E-state index in [4.69, 9.17) is 116 Å². The molecule has 2 aliphatic rings. The number of ether oxygens (including phenoxy) is 8. The molecule has 0 aliphatic carbocycles. The van der Waals surface area contributed by atoms with Gasteiger partial charge in [-0.2, -0.15) is 0 Å². The number of carbonyl (C=O) groups is 6. The Bertz CT molecular complexity index is 2370. The van der Waals surface area contributed by atoms with E-state index in [9.17, 15) is 28.8 Å². The molecule has 0 unspecified atom stereocenters. The lowest BCUT2D eigenvalue weighted by molar-refractivity contribution is -0.146. The minimum atomic E-state index is -2.28. The third kappa shape index (κ3) is 21.3. The molecule has 81 heavy (non-hydrogen) atoms. The summed E-state index contributed by atoms with van der Waals surface area (Å²) in [7, 11) is -1.76. The Morgan fingerprint density at radius 3 is 1.20 bits per heavy atom. The topological polar surface area (TPSA) is 225 Å². The predicted octanol–water partition coefficient (Wildman–Crippen LogP) is 12.5. The average Bonchev–Trinajstić information content (AvgIpc) is 3.94. The van der Waals surface area contributed by atoms with Gasteiger partial charge < -0.3 is 56.5 Å². The van der Waals surface area contributed by atoms with E-state index in [2.05, 4.69) is 78.4 Å². The molecule has 456 valence electrons. The van der Waals surface area contributed by atoms with Crippen molar-refractivity contribution in [3.8, 4) is 23.0 Å². The predicted molar refractivity (Wildman–Crippen MR) is 318 cm³/mol. The fourth-order valence-corrected chi connectivity index (χ4v) is 10.5. The quantitative estimate of drug-likeness (QED) is 0.0328. The summed E-state index contributed by atoms with van der Waals surface area (Å²) in [6, 6.07) is 4.74. The summed E-state index contributed by atoms with van der Waals surface area (Å²) in [5.41, 5.74) is 0.00622. The van der Waals surface area contributed by atoms with Gasteiger partial charge in [-0.3, -0.25) is 29.8 Å². The van der Waals surface area contributed by atoms with Crippen molar-refractivity contribution in [2.75, 3.05) is 77.6 Å². The molecule has 2 aromatic rings. The second-order valence-corrected chi connectivity index (χ2v) is 37.4. The largest absolute Gasteiger partial charge is 0.493 e. The van der Waals surface area contributed by atoms with Crippen LogP contribution in [0.15, 0.2) is 24.3 Å². The lowest BCUT2D eigenvalue weighted by atomic mass is 10.1. The molecule has 4 rings (SSSR count). The van der Waals surface area contributed by atoms with Gasteiger partial charge in [0.25, 0.3) is 11.8 Å². The molecular weight excluding hydrogens is 1220 g/mol. The Balaban J connectivity index is 1.55. The van der Waals surface area contributed by atoms with E-state index in [0.717, 1.165) is 0 Å². The monoisotopic (exact) mass is 1290 g/mol. The zero-order valence-corrected chi connectivity index (χ0v) is 55.0. The lowest BCUT2D eigenvalue weighted by Crippen LogP contribution is -2.46. The van der Waals surface area contributed by atoms with Crippen molar-refractivity contribution in [2.45, 2.75) is 156 Å². The van der Waals surface area contributed by atoms with Crippen molar-refractivity contribution in [2.24, 2.45) is 0 Å². The standard InChI is InChI=1S/C53H78Cl6N4O16Si2/c1-32(64)78-36-20-34(28-76-80(11,12)50(3,4)5)62(26-36)46(66)38-22-42(70-9)44(24-40(38)60-48(68)74-30-52(54,55)56)72-18-16-15-17-19-73-45-25-41(61-49(69)75-31-53(57,58)59)39(23-43(45)71-10)47(67)63-27-37(79-33(2)65)21-35(63)29-77-81(13,14)51(6,7)8/h22-25,34-37H,15-21,26-31H2,1-14H3,(H,60,68)(H,61,69)/t34-,35-,36+,37+/m0/s1. The van der Waals surface area contributed by atoms with Gasteiger partial charge in [0.15, 0.2) is 39.6 Å². The molecule has 2 aliphatic heterocycles.